The first-order valence-corrected chi connectivity index (χ1v) is 7.46. The molecule has 0 spiro atoms. The lowest BCUT2D eigenvalue weighted by Gasteiger charge is -2.44. The second-order valence-electron chi connectivity index (χ2n) is 6.39. The predicted octanol–water partition coefficient (Wildman–Crippen LogP) is 2.95. The van der Waals surface area contributed by atoms with Crippen LogP contribution in [0.5, 0.6) is 0 Å². The first-order valence-electron chi connectivity index (χ1n) is 7.05. The molecule has 0 aromatic rings. The summed E-state index contributed by atoms with van der Waals surface area (Å²) in [5, 5.41) is 0. The highest BCUT2D eigenvalue weighted by Gasteiger charge is 2.35. The van der Waals surface area contributed by atoms with E-state index in [1.807, 2.05) is 0 Å². The van der Waals surface area contributed by atoms with E-state index in [2.05, 4.69) is 18.7 Å². The van der Waals surface area contributed by atoms with Gasteiger partial charge in [-0.25, -0.2) is 0 Å². The van der Waals surface area contributed by atoms with Gasteiger partial charge in [-0.15, -0.1) is 0 Å². The number of rotatable bonds is 2. The molecule has 1 saturated heterocycles. The van der Waals surface area contributed by atoms with Crippen LogP contribution in [0.25, 0.3) is 0 Å². The first kappa shape index (κ1) is 13.3. The van der Waals surface area contributed by atoms with Gasteiger partial charge in [-0.3, -0.25) is 0 Å². The molecule has 2 fully saturated rings. The van der Waals surface area contributed by atoms with Crippen molar-refractivity contribution in [1.82, 2.24) is 4.90 Å². The van der Waals surface area contributed by atoms with Crippen LogP contribution in [0.2, 0.25) is 0 Å². The van der Waals surface area contributed by atoms with Crippen LogP contribution in [0.15, 0.2) is 0 Å². The maximum Gasteiger partial charge on any atom is 0.0788 e. The lowest BCUT2D eigenvalue weighted by atomic mass is 9.78. The van der Waals surface area contributed by atoms with Crippen molar-refractivity contribution in [3.05, 3.63) is 0 Å². The van der Waals surface area contributed by atoms with Crippen molar-refractivity contribution in [2.45, 2.75) is 58.4 Å². The Kier molecular flexibility index (Phi) is 4.09. The Hall–Kier alpha value is -0.150. The Morgan fingerprint density at radius 3 is 2.47 bits per heavy atom. The minimum atomic E-state index is 0.117. The van der Waals surface area contributed by atoms with Crippen LogP contribution >= 0.6 is 12.2 Å². The molecule has 98 valence electrons. The Balaban J connectivity index is 1.88. The molecule has 1 aliphatic heterocycles. The summed E-state index contributed by atoms with van der Waals surface area (Å²) in [5.74, 6) is 0.914. The third kappa shape index (κ3) is 3.00. The van der Waals surface area contributed by atoms with E-state index < -0.39 is 0 Å². The summed E-state index contributed by atoms with van der Waals surface area (Å²) in [6, 6.07) is 0.828. The third-order valence-electron chi connectivity index (χ3n) is 4.92. The minimum absolute atomic E-state index is 0.117. The van der Waals surface area contributed by atoms with E-state index in [-0.39, 0.29) is 5.41 Å². The number of nitrogens with zero attached hydrogens (tertiary/aromatic N) is 1. The Morgan fingerprint density at radius 2 is 1.94 bits per heavy atom. The topological polar surface area (TPSA) is 29.3 Å². The van der Waals surface area contributed by atoms with Crippen molar-refractivity contribution in [3.63, 3.8) is 0 Å². The van der Waals surface area contributed by atoms with Crippen molar-refractivity contribution < 1.29 is 0 Å². The number of nitrogens with two attached hydrogens (primary N) is 1. The summed E-state index contributed by atoms with van der Waals surface area (Å²) in [5.41, 5.74) is 5.98. The summed E-state index contributed by atoms with van der Waals surface area (Å²) in [4.78, 5) is 3.41. The number of likely N-dealkylation sites (tertiary alicyclic amines) is 1. The average Bonchev–Trinajstić information content (AvgIpc) is 2.30. The van der Waals surface area contributed by atoms with Crippen LogP contribution in [-0.2, 0) is 0 Å². The Bertz CT molecular complexity index is 282. The largest absolute Gasteiger partial charge is 0.393 e. The van der Waals surface area contributed by atoms with Crippen LogP contribution in [0.1, 0.15) is 52.4 Å². The first-order chi connectivity index (χ1) is 8.01. The molecule has 0 aromatic heterocycles. The summed E-state index contributed by atoms with van der Waals surface area (Å²) in [6.07, 6.45) is 7.92. The zero-order valence-corrected chi connectivity index (χ0v) is 12.1. The molecule has 2 aliphatic rings. The van der Waals surface area contributed by atoms with Crippen molar-refractivity contribution >= 4 is 17.2 Å². The molecule has 2 N–H and O–H groups in total. The smallest absolute Gasteiger partial charge is 0.0788 e. The van der Waals surface area contributed by atoms with Crippen molar-refractivity contribution in [3.8, 4) is 0 Å². The van der Waals surface area contributed by atoms with Gasteiger partial charge < -0.3 is 10.6 Å². The highest BCUT2D eigenvalue weighted by atomic mass is 32.1. The number of thiocarbonyl (C=S) groups is 1. The number of hydrogen-bond acceptors (Lipinski definition) is 2. The van der Waals surface area contributed by atoms with Gasteiger partial charge in [-0.1, -0.05) is 38.9 Å². The van der Waals surface area contributed by atoms with Gasteiger partial charge in [0, 0.05) is 11.5 Å². The molecule has 2 rings (SSSR count). The normalized spacial score (nSPS) is 34.5. The van der Waals surface area contributed by atoms with Gasteiger partial charge in [0.15, 0.2) is 0 Å². The van der Waals surface area contributed by atoms with E-state index in [0.717, 1.165) is 24.8 Å². The van der Waals surface area contributed by atoms with Crippen LogP contribution in [0.3, 0.4) is 0 Å². The summed E-state index contributed by atoms with van der Waals surface area (Å²) in [6.45, 7) is 7.00. The van der Waals surface area contributed by atoms with Gasteiger partial charge in [-0.05, 0) is 44.7 Å². The zero-order chi connectivity index (χ0) is 12.5. The molecule has 1 aliphatic carbocycles. The Morgan fingerprint density at radius 1 is 1.29 bits per heavy atom. The lowest BCUT2D eigenvalue weighted by molar-refractivity contribution is 0.0826. The Labute approximate surface area is 111 Å². The van der Waals surface area contributed by atoms with E-state index in [4.69, 9.17) is 18.0 Å². The quantitative estimate of drug-likeness (QED) is 0.768. The molecule has 0 radical (unpaired) electrons. The predicted molar refractivity (Wildman–Crippen MR) is 77.1 cm³/mol. The maximum absolute atomic E-state index is 5.86. The van der Waals surface area contributed by atoms with Gasteiger partial charge in [-0.2, -0.15) is 0 Å². The summed E-state index contributed by atoms with van der Waals surface area (Å²) in [7, 11) is 0. The molecule has 2 unspecified atom stereocenters. The molecule has 17 heavy (non-hydrogen) atoms. The van der Waals surface area contributed by atoms with Gasteiger partial charge in [0.25, 0.3) is 0 Å². The highest BCUT2D eigenvalue weighted by molar-refractivity contribution is 7.80. The van der Waals surface area contributed by atoms with E-state index in [1.165, 1.54) is 38.8 Å². The number of piperidine rings is 1. The average molecular weight is 254 g/mol. The monoisotopic (exact) mass is 254 g/mol. The maximum atomic E-state index is 5.86. The molecule has 3 heteroatoms. The fourth-order valence-corrected chi connectivity index (χ4v) is 3.57. The van der Waals surface area contributed by atoms with Crippen molar-refractivity contribution in [2.75, 3.05) is 13.1 Å². The molecule has 1 saturated carbocycles. The van der Waals surface area contributed by atoms with Gasteiger partial charge in [0.2, 0.25) is 0 Å². The minimum Gasteiger partial charge on any atom is -0.393 e. The fraction of sp³-hybridized carbons (Fsp3) is 0.929. The fourth-order valence-electron chi connectivity index (χ4n) is 3.36. The summed E-state index contributed by atoms with van der Waals surface area (Å²) >= 11 is 5.20. The van der Waals surface area contributed by atoms with Crippen LogP contribution in [0, 0.1) is 11.3 Å². The molecular formula is C14H26N2S. The van der Waals surface area contributed by atoms with Crippen LogP contribution in [0.4, 0.5) is 0 Å². The molecule has 0 amide bonds. The van der Waals surface area contributed by atoms with Gasteiger partial charge in [0.05, 0.1) is 4.99 Å². The van der Waals surface area contributed by atoms with E-state index in [0.29, 0.717) is 4.99 Å². The number of hydrogen-bond donors (Lipinski definition) is 1. The van der Waals surface area contributed by atoms with Crippen LogP contribution in [-0.4, -0.2) is 29.0 Å². The second-order valence-corrected chi connectivity index (χ2v) is 6.83. The van der Waals surface area contributed by atoms with E-state index in [1.54, 1.807) is 0 Å². The van der Waals surface area contributed by atoms with Gasteiger partial charge >= 0.3 is 0 Å². The van der Waals surface area contributed by atoms with Crippen LogP contribution < -0.4 is 5.73 Å². The second kappa shape index (κ2) is 5.23. The van der Waals surface area contributed by atoms with E-state index in [9.17, 15) is 0 Å². The van der Waals surface area contributed by atoms with Crippen molar-refractivity contribution in [2.24, 2.45) is 17.1 Å². The van der Waals surface area contributed by atoms with E-state index >= 15 is 0 Å². The SMILES string of the molecule is CC1CCCC(N2CCC(C)(C(N)=S)CC2)C1. The highest BCUT2D eigenvalue weighted by Crippen LogP contribution is 2.35. The summed E-state index contributed by atoms with van der Waals surface area (Å²) < 4.78 is 0. The standard InChI is InChI=1S/C14H26N2S/c1-11-4-3-5-12(10-11)16-8-6-14(2,7-9-16)13(15)17/h11-12H,3-10H2,1-2H3,(H2,15,17). The molecule has 1 heterocycles. The van der Waals surface area contributed by atoms with Gasteiger partial charge in [0.1, 0.15) is 0 Å². The van der Waals surface area contributed by atoms with Crippen molar-refractivity contribution in [1.29, 1.82) is 0 Å². The molecule has 0 aromatic carbocycles. The molecular weight excluding hydrogens is 228 g/mol. The molecule has 2 atom stereocenters. The lowest BCUT2D eigenvalue weighted by Crippen LogP contribution is -2.49. The molecule has 2 nitrogen and oxygen atoms in total. The zero-order valence-electron chi connectivity index (χ0n) is 11.2. The third-order valence-corrected chi connectivity index (χ3v) is 5.41. The molecule has 0 bridgehead atoms.